The molecule has 3 aromatic rings. The van der Waals surface area contributed by atoms with Crippen LogP contribution < -0.4 is 0 Å². The molecule has 1 fully saturated rings. The van der Waals surface area contributed by atoms with Crippen LogP contribution in [0, 0.1) is 0 Å². The number of hydrogen-bond acceptors (Lipinski definition) is 6. The van der Waals surface area contributed by atoms with Crippen molar-refractivity contribution in [3.8, 4) is 11.4 Å². The molecule has 146 valence electrons. The number of benzene rings is 1. The number of morpholine rings is 1. The normalized spacial score (nSPS) is 18.2. The lowest BCUT2D eigenvalue weighted by Crippen LogP contribution is -2.42. The summed E-state index contributed by atoms with van der Waals surface area (Å²) < 4.78 is 35.1. The highest BCUT2D eigenvalue weighted by Crippen LogP contribution is 2.26. The number of ether oxygens (including phenoxy) is 1. The summed E-state index contributed by atoms with van der Waals surface area (Å²) in [5.74, 6) is 0.492. The maximum absolute atomic E-state index is 13.0. The van der Waals surface area contributed by atoms with Gasteiger partial charge in [0.2, 0.25) is 10.0 Å². The monoisotopic (exact) mass is 399 g/mol. The minimum atomic E-state index is -3.70. The van der Waals surface area contributed by atoms with Crippen LogP contribution >= 0.6 is 0 Å². The van der Waals surface area contributed by atoms with Crippen LogP contribution in [-0.2, 0) is 21.3 Å². The van der Waals surface area contributed by atoms with Gasteiger partial charge in [0.1, 0.15) is 4.90 Å². The summed E-state index contributed by atoms with van der Waals surface area (Å²) in [6, 6.07) is 9.44. The highest BCUT2D eigenvalue weighted by Gasteiger charge is 2.32. The Hall–Kier alpha value is -2.62. The molecule has 1 aromatic carbocycles. The maximum Gasteiger partial charge on any atom is 0.246 e. The van der Waals surface area contributed by atoms with Crippen LogP contribution in [0.1, 0.15) is 18.6 Å². The highest BCUT2D eigenvalue weighted by molar-refractivity contribution is 7.89. The summed E-state index contributed by atoms with van der Waals surface area (Å²) in [5, 5.41) is 4.24. The highest BCUT2D eigenvalue weighted by atomic mass is 32.2. The quantitative estimate of drug-likeness (QED) is 0.653. The molecule has 1 unspecified atom stereocenters. The molecule has 2 aromatic heterocycles. The minimum Gasteiger partial charge on any atom is -0.371 e. The van der Waals surface area contributed by atoms with Gasteiger partial charge in [-0.2, -0.15) is 9.40 Å². The average molecular weight is 399 g/mol. The molecular formula is C19H21N5O3S. The van der Waals surface area contributed by atoms with Gasteiger partial charge in [0, 0.05) is 37.0 Å². The van der Waals surface area contributed by atoms with E-state index < -0.39 is 10.0 Å². The second kappa shape index (κ2) is 7.78. The van der Waals surface area contributed by atoms with E-state index >= 15 is 0 Å². The van der Waals surface area contributed by atoms with Crippen molar-refractivity contribution in [3.05, 3.63) is 60.7 Å². The Morgan fingerprint density at radius 1 is 1.14 bits per heavy atom. The van der Waals surface area contributed by atoms with Crippen LogP contribution in [0.2, 0.25) is 0 Å². The van der Waals surface area contributed by atoms with Crippen molar-refractivity contribution in [1.82, 2.24) is 24.1 Å². The third-order valence-corrected chi connectivity index (χ3v) is 6.49. The second-order valence-corrected chi connectivity index (χ2v) is 8.40. The Bertz CT molecular complexity index is 1030. The molecule has 1 saturated heterocycles. The molecule has 8 nitrogen and oxygen atoms in total. The standard InChI is InChI=1S/C19H21N5O3S/c1-2-23-13-16(10-22-23)18-14-24(8-9-27-18)28(25,26)17-11-20-19(21-12-17)15-6-4-3-5-7-15/h3-7,10-13,18H,2,8-9,14H2,1H3. The topological polar surface area (TPSA) is 90.2 Å². The largest absolute Gasteiger partial charge is 0.371 e. The van der Waals surface area contributed by atoms with Crippen molar-refractivity contribution in [2.75, 3.05) is 19.7 Å². The van der Waals surface area contributed by atoms with Gasteiger partial charge < -0.3 is 4.74 Å². The molecule has 0 N–H and O–H groups in total. The Morgan fingerprint density at radius 2 is 1.89 bits per heavy atom. The fourth-order valence-electron chi connectivity index (χ4n) is 3.10. The van der Waals surface area contributed by atoms with E-state index in [2.05, 4.69) is 15.1 Å². The lowest BCUT2D eigenvalue weighted by Gasteiger charge is -2.31. The molecule has 0 saturated carbocycles. The Labute approximate surface area is 163 Å². The van der Waals surface area contributed by atoms with Gasteiger partial charge in [0.05, 0.1) is 31.3 Å². The van der Waals surface area contributed by atoms with Gasteiger partial charge >= 0.3 is 0 Å². The van der Waals surface area contributed by atoms with Crippen LogP contribution in [0.15, 0.2) is 60.0 Å². The van der Waals surface area contributed by atoms with E-state index in [-0.39, 0.29) is 17.5 Å². The van der Waals surface area contributed by atoms with E-state index in [1.165, 1.54) is 16.7 Å². The second-order valence-electron chi connectivity index (χ2n) is 6.46. The maximum atomic E-state index is 13.0. The van der Waals surface area contributed by atoms with Crippen molar-refractivity contribution in [1.29, 1.82) is 0 Å². The number of aromatic nitrogens is 4. The van der Waals surface area contributed by atoms with Crippen LogP contribution in [0.3, 0.4) is 0 Å². The predicted octanol–water partition coefficient (Wildman–Crippen LogP) is 2.12. The van der Waals surface area contributed by atoms with Gasteiger partial charge in [-0.05, 0) is 6.92 Å². The number of sulfonamides is 1. The average Bonchev–Trinajstić information content (AvgIpc) is 3.24. The van der Waals surface area contributed by atoms with Gasteiger partial charge in [-0.1, -0.05) is 30.3 Å². The zero-order valence-electron chi connectivity index (χ0n) is 15.5. The molecule has 0 aliphatic carbocycles. The summed E-state index contributed by atoms with van der Waals surface area (Å²) in [6.45, 7) is 3.59. The van der Waals surface area contributed by atoms with Gasteiger partial charge in [0.25, 0.3) is 0 Å². The Kier molecular flexibility index (Phi) is 5.21. The summed E-state index contributed by atoms with van der Waals surface area (Å²) in [5.41, 5.74) is 1.71. The third-order valence-electron chi connectivity index (χ3n) is 4.68. The lowest BCUT2D eigenvalue weighted by atomic mass is 10.2. The molecule has 0 spiro atoms. The van der Waals surface area contributed by atoms with Gasteiger partial charge in [-0.3, -0.25) is 4.68 Å². The van der Waals surface area contributed by atoms with Gasteiger partial charge in [0.15, 0.2) is 5.82 Å². The summed E-state index contributed by atoms with van der Waals surface area (Å²) in [7, 11) is -3.70. The van der Waals surface area contributed by atoms with Gasteiger partial charge in [-0.25, -0.2) is 18.4 Å². The van der Waals surface area contributed by atoms with Crippen LogP contribution in [-0.4, -0.2) is 52.2 Å². The van der Waals surface area contributed by atoms with Crippen molar-refractivity contribution in [2.24, 2.45) is 0 Å². The van der Waals surface area contributed by atoms with E-state index in [0.29, 0.717) is 19.0 Å². The fraction of sp³-hybridized carbons (Fsp3) is 0.316. The smallest absolute Gasteiger partial charge is 0.246 e. The minimum absolute atomic E-state index is 0.0806. The van der Waals surface area contributed by atoms with Crippen molar-refractivity contribution >= 4 is 10.0 Å². The predicted molar refractivity (Wildman–Crippen MR) is 103 cm³/mol. The molecule has 3 heterocycles. The van der Waals surface area contributed by atoms with Crippen molar-refractivity contribution in [2.45, 2.75) is 24.5 Å². The zero-order valence-corrected chi connectivity index (χ0v) is 16.3. The zero-order chi connectivity index (χ0) is 19.6. The molecule has 0 bridgehead atoms. The molecule has 0 amide bonds. The number of rotatable bonds is 5. The summed E-state index contributed by atoms with van der Waals surface area (Å²) >= 11 is 0. The molecule has 9 heteroatoms. The first-order chi connectivity index (χ1) is 13.6. The van der Waals surface area contributed by atoms with Crippen molar-refractivity contribution in [3.63, 3.8) is 0 Å². The Morgan fingerprint density at radius 3 is 2.57 bits per heavy atom. The summed E-state index contributed by atoms with van der Waals surface area (Å²) in [6.07, 6.45) is 6.00. The number of aryl methyl sites for hydroxylation is 1. The van der Waals surface area contributed by atoms with Crippen LogP contribution in [0.5, 0.6) is 0 Å². The van der Waals surface area contributed by atoms with E-state index in [9.17, 15) is 8.42 Å². The lowest BCUT2D eigenvalue weighted by molar-refractivity contribution is -0.00261. The van der Waals surface area contributed by atoms with Crippen molar-refractivity contribution < 1.29 is 13.2 Å². The van der Waals surface area contributed by atoms with E-state index in [0.717, 1.165) is 17.7 Å². The number of nitrogens with zero attached hydrogens (tertiary/aromatic N) is 5. The van der Waals surface area contributed by atoms with Crippen LogP contribution in [0.4, 0.5) is 0 Å². The molecule has 1 aliphatic heterocycles. The van der Waals surface area contributed by atoms with E-state index in [1.807, 2.05) is 43.5 Å². The first-order valence-electron chi connectivity index (χ1n) is 9.09. The first kappa shape index (κ1) is 18.7. The number of hydrogen-bond donors (Lipinski definition) is 0. The first-order valence-corrected chi connectivity index (χ1v) is 10.5. The third kappa shape index (κ3) is 3.68. The molecular weight excluding hydrogens is 378 g/mol. The van der Waals surface area contributed by atoms with E-state index in [1.54, 1.807) is 10.9 Å². The fourth-order valence-corrected chi connectivity index (χ4v) is 4.42. The molecule has 1 aliphatic rings. The van der Waals surface area contributed by atoms with E-state index in [4.69, 9.17) is 4.74 Å². The SMILES string of the molecule is CCn1cc(C2CN(S(=O)(=O)c3cnc(-c4ccccc4)nc3)CCO2)cn1. The summed E-state index contributed by atoms with van der Waals surface area (Å²) in [4.78, 5) is 8.56. The van der Waals surface area contributed by atoms with Crippen LogP contribution in [0.25, 0.3) is 11.4 Å². The molecule has 4 rings (SSSR count). The molecule has 1 atom stereocenters. The molecule has 0 radical (unpaired) electrons. The Balaban J connectivity index is 1.54. The molecule has 28 heavy (non-hydrogen) atoms. The van der Waals surface area contributed by atoms with Gasteiger partial charge in [-0.15, -0.1) is 0 Å².